The summed E-state index contributed by atoms with van der Waals surface area (Å²) in [5, 5.41) is 9.46. The van der Waals surface area contributed by atoms with Crippen LogP contribution in [-0.4, -0.2) is 32.5 Å². The number of hydrogen-bond acceptors (Lipinski definition) is 4. The first-order valence-corrected chi connectivity index (χ1v) is 6.63. The highest BCUT2D eigenvalue weighted by molar-refractivity contribution is 9.10. The standard InChI is InChI=1S/C13H18BrNO3/c1-17-11-3-8(10(14)4-12(11)18-2)9-5-13(9,6-15)7-16/h3-4,9,16H,5-7,15H2,1-2H3. The van der Waals surface area contributed by atoms with E-state index in [1.54, 1.807) is 14.2 Å². The predicted octanol–water partition coefficient (Wildman–Crippen LogP) is 1.89. The third-order valence-electron chi connectivity index (χ3n) is 3.79. The first-order valence-electron chi connectivity index (χ1n) is 5.84. The van der Waals surface area contributed by atoms with Crippen LogP contribution in [0.15, 0.2) is 16.6 Å². The van der Waals surface area contributed by atoms with E-state index in [0.29, 0.717) is 18.0 Å². The van der Waals surface area contributed by atoms with Crippen molar-refractivity contribution in [3.8, 4) is 11.5 Å². The fourth-order valence-corrected chi connectivity index (χ4v) is 2.99. The highest BCUT2D eigenvalue weighted by atomic mass is 79.9. The van der Waals surface area contributed by atoms with Crippen LogP contribution in [0.5, 0.6) is 11.5 Å². The summed E-state index contributed by atoms with van der Waals surface area (Å²) in [7, 11) is 3.23. The fraction of sp³-hybridized carbons (Fsp3) is 0.538. The minimum atomic E-state index is -0.165. The smallest absolute Gasteiger partial charge is 0.161 e. The van der Waals surface area contributed by atoms with Crippen molar-refractivity contribution in [2.75, 3.05) is 27.4 Å². The van der Waals surface area contributed by atoms with Crippen molar-refractivity contribution in [2.45, 2.75) is 12.3 Å². The number of halogens is 1. The van der Waals surface area contributed by atoms with Crippen LogP contribution in [-0.2, 0) is 0 Å². The van der Waals surface area contributed by atoms with Gasteiger partial charge in [-0.3, -0.25) is 0 Å². The Kier molecular flexibility index (Phi) is 3.84. The number of benzene rings is 1. The molecule has 3 N–H and O–H groups in total. The SMILES string of the molecule is COc1cc(Br)c(C2CC2(CN)CO)cc1OC. The van der Waals surface area contributed by atoms with E-state index in [1.165, 1.54) is 0 Å². The maximum atomic E-state index is 9.46. The van der Waals surface area contributed by atoms with Gasteiger partial charge in [0.15, 0.2) is 11.5 Å². The van der Waals surface area contributed by atoms with Gasteiger partial charge in [0.25, 0.3) is 0 Å². The molecular weight excluding hydrogens is 298 g/mol. The summed E-state index contributed by atoms with van der Waals surface area (Å²) in [5.74, 6) is 1.67. The van der Waals surface area contributed by atoms with Gasteiger partial charge < -0.3 is 20.3 Å². The van der Waals surface area contributed by atoms with Gasteiger partial charge in [0.1, 0.15) is 0 Å². The quantitative estimate of drug-likeness (QED) is 0.871. The molecule has 0 aliphatic heterocycles. The van der Waals surface area contributed by atoms with Crippen molar-refractivity contribution in [2.24, 2.45) is 11.1 Å². The molecule has 0 saturated heterocycles. The molecule has 0 radical (unpaired) electrons. The first kappa shape index (κ1) is 13.6. The summed E-state index contributed by atoms with van der Waals surface area (Å²) < 4.78 is 11.5. The number of ether oxygens (including phenoxy) is 2. The monoisotopic (exact) mass is 315 g/mol. The molecule has 1 fully saturated rings. The molecule has 100 valence electrons. The van der Waals surface area contributed by atoms with Gasteiger partial charge in [0.2, 0.25) is 0 Å². The van der Waals surface area contributed by atoms with Gasteiger partial charge in [-0.15, -0.1) is 0 Å². The zero-order valence-corrected chi connectivity index (χ0v) is 12.2. The van der Waals surface area contributed by atoms with E-state index in [0.717, 1.165) is 16.5 Å². The van der Waals surface area contributed by atoms with Crippen LogP contribution in [0.3, 0.4) is 0 Å². The molecule has 1 aliphatic carbocycles. The third-order valence-corrected chi connectivity index (χ3v) is 4.48. The van der Waals surface area contributed by atoms with Gasteiger partial charge in [-0.05, 0) is 30.0 Å². The molecular formula is C13H18BrNO3. The van der Waals surface area contributed by atoms with Crippen LogP contribution in [0.1, 0.15) is 17.9 Å². The average Bonchev–Trinajstić information content (AvgIpc) is 3.13. The topological polar surface area (TPSA) is 64.7 Å². The molecule has 0 heterocycles. The maximum Gasteiger partial charge on any atom is 0.161 e. The zero-order valence-electron chi connectivity index (χ0n) is 10.6. The van der Waals surface area contributed by atoms with E-state index in [2.05, 4.69) is 15.9 Å². The molecule has 0 amide bonds. The van der Waals surface area contributed by atoms with E-state index in [-0.39, 0.29) is 17.9 Å². The summed E-state index contributed by atoms with van der Waals surface area (Å²) in [6.07, 6.45) is 0.911. The molecule has 4 nitrogen and oxygen atoms in total. The zero-order chi connectivity index (χ0) is 13.3. The van der Waals surface area contributed by atoms with Crippen molar-refractivity contribution in [3.05, 3.63) is 22.2 Å². The summed E-state index contributed by atoms with van der Waals surface area (Å²) in [4.78, 5) is 0. The van der Waals surface area contributed by atoms with E-state index in [9.17, 15) is 5.11 Å². The van der Waals surface area contributed by atoms with Crippen LogP contribution < -0.4 is 15.2 Å². The maximum absolute atomic E-state index is 9.46. The highest BCUT2D eigenvalue weighted by Crippen LogP contribution is 2.60. The molecule has 0 spiro atoms. The van der Waals surface area contributed by atoms with Crippen LogP contribution in [0.4, 0.5) is 0 Å². The van der Waals surface area contributed by atoms with Gasteiger partial charge in [-0.1, -0.05) is 15.9 Å². The van der Waals surface area contributed by atoms with E-state index < -0.39 is 0 Å². The third kappa shape index (κ3) is 2.11. The normalized spacial score (nSPS) is 25.9. The lowest BCUT2D eigenvalue weighted by Gasteiger charge is -2.15. The molecule has 0 bridgehead atoms. The number of aliphatic hydroxyl groups excluding tert-OH is 1. The van der Waals surface area contributed by atoms with Gasteiger partial charge in [0.05, 0.1) is 20.8 Å². The second-order valence-corrected chi connectivity index (χ2v) is 5.56. The number of rotatable bonds is 5. The molecule has 0 aromatic heterocycles. The molecule has 1 aromatic rings. The lowest BCUT2D eigenvalue weighted by atomic mass is 9.99. The van der Waals surface area contributed by atoms with Crippen LogP contribution >= 0.6 is 15.9 Å². The summed E-state index contributed by atoms with van der Waals surface area (Å²) >= 11 is 3.54. The molecule has 1 aromatic carbocycles. The Bertz CT molecular complexity index is 446. The number of hydrogen-bond donors (Lipinski definition) is 2. The number of nitrogens with two attached hydrogens (primary N) is 1. The second-order valence-electron chi connectivity index (χ2n) is 4.71. The molecule has 5 heteroatoms. The lowest BCUT2D eigenvalue weighted by Crippen LogP contribution is -2.21. The minimum absolute atomic E-state index is 0.120. The Labute approximate surface area is 115 Å². The van der Waals surface area contributed by atoms with Gasteiger partial charge in [0, 0.05) is 16.4 Å². The Morgan fingerprint density at radius 2 is 2.00 bits per heavy atom. The van der Waals surface area contributed by atoms with Crippen LogP contribution in [0.25, 0.3) is 0 Å². The van der Waals surface area contributed by atoms with E-state index >= 15 is 0 Å². The Morgan fingerprint density at radius 3 is 2.44 bits per heavy atom. The summed E-state index contributed by atoms with van der Waals surface area (Å²) in [6, 6.07) is 3.85. The second kappa shape index (κ2) is 5.07. The van der Waals surface area contributed by atoms with Gasteiger partial charge >= 0.3 is 0 Å². The first-order chi connectivity index (χ1) is 8.61. The Balaban J connectivity index is 2.36. The van der Waals surface area contributed by atoms with Crippen LogP contribution in [0.2, 0.25) is 0 Å². The summed E-state index contributed by atoms with van der Waals surface area (Å²) in [5.41, 5.74) is 6.71. The Morgan fingerprint density at radius 1 is 1.39 bits per heavy atom. The average molecular weight is 316 g/mol. The fourth-order valence-electron chi connectivity index (χ4n) is 2.39. The largest absolute Gasteiger partial charge is 0.493 e. The molecule has 1 aliphatic rings. The molecule has 2 rings (SSSR count). The van der Waals surface area contributed by atoms with Gasteiger partial charge in [-0.2, -0.15) is 0 Å². The predicted molar refractivity (Wildman–Crippen MR) is 73.2 cm³/mol. The molecule has 18 heavy (non-hydrogen) atoms. The minimum Gasteiger partial charge on any atom is -0.493 e. The lowest BCUT2D eigenvalue weighted by molar-refractivity contribution is 0.211. The molecule has 2 atom stereocenters. The summed E-state index contributed by atoms with van der Waals surface area (Å²) in [6.45, 7) is 0.615. The van der Waals surface area contributed by atoms with Crippen molar-refractivity contribution < 1.29 is 14.6 Å². The molecule has 1 saturated carbocycles. The molecule has 2 unspecified atom stereocenters. The van der Waals surface area contributed by atoms with Gasteiger partial charge in [-0.25, -0.2) is 0 Å². The van der Waals surface area contributed by atoms with Crippen molar-refractivity contribution >= 4 is 15.9 Å². The van der Waals surface area contributed by atoms with E-state index in [4.69, 9.17) is 15.2 Å². The van der Waals surface area contributed by atoms with Crippen LogP contribution in [0, 0.1) is 5.41 Å². The van der Waals surface area contributed by atoms with Crippen molar-refractivity contribution in [1.29, 1.82) is 0 Å². The highest BCUT2D eigenvalue weighted by Gasteiger charge is 2.54. The van der Waals surface area contributed by atoms with Crippen molar-refractivity contribution in [3.63, 3.8) is 0 Å². The number of aliphatic hydroxyl groups is 1. The van der Waals surface area contributed by atoms with Crippen molar-refractivity contribution in [1.82, 2.24) is 0 Å². The Hall–Kier alpha value is -0.780. The number of methoxy groups -OCH3 is 2. The van der Waals surface area contributed by atoms with E-state index in [1.807, 2.05) is 12.1 Å².